The molecular formula is C16H21N3. The van der Waals surface area contributed by atoms with E-state index >= 15 is 0 Å². The van der Waals surface area contributed by atoms with E-state index in [1.54, 1.807) is 0 Å². The molecule has 1 aromatic heterocycles. The Balaban J connectivity index is 1.39. The Morgan fingerprint density at radius 3 is 2.63 bits per heavy atom. The molecule has 0 aliphatic heterocycles. The van der Waals surface area contributed by atoms with Crippen molar-refractivity contribution < 1.29 is 0 Å². The van der Waals surface area contributed by atoms with Crippen LogP contribution in [0.4, 0.5) is 0 Å². The number of para-hydroxylation sites is 1. The molecular weight excluding hydrogens is 234 g/mol. The fraction of sp³-hybridized carbons (Fsp3) is 0.562. The minimum atomic E-state index is 0.793. The maximum absolute atomic E-state index is 4.49. The van der Waals surface area contributed by atoms with Crippen LogP contribution in [0.5, 0.6) is 0 Å². The minimum Gasteiger partial charge on any atom is -0.312 e. The van der Waals surface area contributed by atoms with Crippen LogP contribution in [0.1, 0.15) is 25.7 Å². The van der Waals surface area contributed by atoms with Crippen LogP contribution in [0.2, 0.25) is 0 Å². The second-order valence-electron chi connectivity index (χ2n) is 6.08. The van der Waals surface area contributed by atoms with Gasteiger partial charge in [-0.2, -0.15) is 5.10 Å². The lowest BCUT2D eigenvalue weighted by molar-refractivity contribution is 0.403. The zero-order valence-electron chi connectivity index (χ0n) is 11.3. The normalized spacial score (nSPS) is 19.4. The van der Waals surface area contributed by atoms with Crippen molar-refractivity contribution in [1.29, 1.82) is 0 Å². The molecule has 19 heavy (non-hydrogen) atoms. The van der Waals surface area contributed by atoms with E-state index in [1.807, 2.05) is 6.20 Å². The van der Waals surface area contributed by atoms with Crippen LogP contribution in [-0.2, 0) is 6.54 Å². The fourth-order valence-corrected chi connectivity index (χ4v) is 3.17. The van der Waals surface area contributed by atoms with Crippen molar-refractivity contribution in [2.75, 3.05) is 6.54 Å². The molecule has 0 radical (unpaired) electrons. The number of hydrogen-bond donors (Lipinski definition) is 1. The highest BCUT2D eigenvalue weighted by molar-refractivity contribution is 5.78. The summed E-state index contributed by atoms with van der Waals surface area (Å²) in [6.45, 7) is 2.02. The molecule has 2 aliphatic carbocycles. The van der Waals surface area contributed by atoms with Crippen LogP contribution in [0, 0.1) is 11.8 Å². The summed E-state index contributed by atoms with van der Waals surface area (Å²) in [5.74, 6) is 1.95. The second kappa shape index (κ2) is 4.64. The molecule has 3 heteroatoms. The molecule has 1 heterocycles. The lowest BCUT2D eigenvalue weighted by atomic mass is 10.1. The molecule has 3 nitrogen and oxygen atoms in total. The van der Waals surface area contributed by atoms with Gasteiger partial charge in [-0.3, -0.25) is 4.68 Å². The molecule has 2 aromatic rings. The number of aromatic nitrogens is 2. The first-order chi connectivity index (χ1) is 9.42. The number of nitrogens with one attached hydrogen (secondary N) is 1. The molecule has 0 amide bonds. The standard InChI is InChI=1S/C16H21N3/c1-2-4-15-14(3-1)11-18-19(15)10-9-17-16(12-5-6-12)13-7-8-13/h1-4,11-13,16-17H,5-10H2. The Kier molecular flexibility index (Phi) is 2.80. The van der Waals surface area contributed by atoms with E-state index < -0.39 is 0 Å². The third kappa shape index (κ3) is 2.39. The third-order valence-corrected chi connectivity index (χ3v) is 4.51. The highest BCUT2D eigenvalue weighted by atomic mass is 15.3. The number of fused-ring (bicyclic) bond motifs is 1. The molecule has 1 aromatic carbocycles. The van der Waals surface area contributed by atoms with Crippen LogP contribution in [0.3, 0.4) is 0 Å². The van der Waals surface area contributed by atoms with Crippen molar-refractivity contribution in [3.63, 3.8) is 0 Å². The molecule has 0 spiro atoms. The molecule has 0 unspecified atom stereocenters. The predicted molar refractivity (Wildman–Crippen MR) is 77.0 cm³/mol. The highest BCUT2D eigenvalue weighted by Gasteiger charge is 2.40. The van der Waals surface area contributed by atoms with Crippen molar-refractivity contribution in [1.82, 2.24) is 15.1 Å². The van der Waals surface area contributed by atoms with Gasteiger partial charge >= 0.3 is 0 Å². The molecule has 0 saturated heterocycles. The predicted octanol–water partition coefficient (Wildman–Crippen LogP) is 2.81. The van der Waals surface area contributed by atoms with E-state index in [0.717, 1.165) is 31.0 Å². The number of nitrogens with zero attached hydrogens (tertiary/aromatic N) is 2. The zero-order chi connectivity index (χ0) is 12.7. The SMILES string of the molecule is c1ccc2c(c1)cnn2CCNC(C1CC1)C1CC1. The van der Waals surface area contributed by atoms with E-state index in [4.69, 9.17) is 0 Å². The van der Waals surface area contributed by atoms with Gasteiger partial charge in [-0.05, 0) is 43.6 Å². The number of hydrogen-bond acceptors (Lipinski definition) is 2. The van der Waals surface area contributed by atoms with Gasteiger partial charge in [0.1, 0.15) is 0 Å². The van der Waals surface area contributed by atoms with Gasteiger partial charge in [0.05, 0.1) is 18.3 Å². The van der Waals surface area contributed by atoms with Gasteiger partial charge in [-0.1, -0.05) is 18.2 Å². The molecule has 2 fully saturated rings. The number of benzene rings is 1. The Morgan fingerprint density at radius 1 is 1.16 bits per heavy atom. The first-order valence-electron chi connectivity index (χ1n) is 7.56. The van der Waals surface area contributed by atoms with E-state index in [2.05, 4.69) is 39.4 Å². The lowest BCUT2D eigenvalue weighted by Crippen LogP contribution is -2.35. The molecule has 2 saturated carbocycles. The van der Waals surface area contributed by atoms with Crippen molar-refractivity contribution in [2.24, 2.45) is 11.8 Å². The maximum Gasteiger partial charge on any atom is 0.0682 e. The van der Waals surface area contributed by atoms with Crippen molar-refractivity contribution in [3.8, 4) is 0 Å². The summed E-state index contributed by atoms with van der Waals surface area (Å²) in [5.41, 5.74) is 1.25. The maximum atomic E-state index is 4.49. The van der Waals surface area contributed by atoms with Crippen LogP contribution < -0.4 is 5.32 Å². The van der Waals surface area contributed by atoms with Gasteiger partial charge in [-0.25, -0.2) is 0 Å². The Hall–Kier alpha value is -1.35. The van der Waals surface area contributed by atoms with Gasteiger partial charge in [0.15, 0.2) is 0 Å². The number of rotatable bonds is 6. The summed E-state index contributed by atoms with van der Waals surface area (Å²) >= 11 is 0. The van der Waals surface area contributed by atoms with Crippen molar-refractivity contribution in [3.05, 3.63) is 30.5 Å². The quantitative estimate of drug-likeness (QED) is 0.860. The summed E-state index contributed by atoms with van der Waals surface area (Å²) in [4.78, 5) is 0. The topological polar surface area (TPSA) is 29.9 Å². The van der Waals surface area contributed by atoms with Crippen LogP contribution in [0.15, 0.2) is 30.5 Å². The molecule has 100 valence electrons. The monoisotopic (exact) mass is 255 g/mol. The van der Waals surface area contributed by atoms with E-state index in [0.29, 0.717) is 0 Å². The fourth-order valence-electron chi connectivity index (χ4n) is 3.17. The molecule has 4 rings (SSSR count). The van der Waals surface area contributed by atoms with Crippen molar-refractivity contribution in [2.45, 2.75) is 38.3 Å². The van der Waals surface area contributed by atoms with Gasteiger partial charge in [-0.15, -0.1) is 0 Å². The third-order valence-electron chi connectivity index (χ3n) is 4.51. The van der Waals surface area contributed by atoms with Gasteiger partial charge in [0, 0.05) is 18.0 Å². The van der Waals surface area contributed by atoms with Crippen LogP contribution in [-0.4, -0.2) is 22.4 Å². The average molecular weight is 255 g/mol. The Bertz CT molecular complexity index is 554. The molecule has 0 bridgehead atoms. The van der Waals surface area contributed by atoms with E-state index in [-0.39, 0.29) is 0 Å². The highest BCUT2D eigenvalue weighted by Crippen LogP contribution is 2.44. The minimum absolute atomic E-state index is 0.793. The van der Waals surface area contributed by atoms with Crippen LogP contribution in [0.25, 0.3) is 10.9 Å². The summed E-state index contributed by atoms with van der Waals surface area (Å²) in [7, 11) is 0. The summed E-state index contributed by atoms with van der Waals surface area (Å²) in [5, 5.41) is 9.51. The largest absolute Gasteiger partial charge is 0.312 e. The molecule has 0 atom stereocenters. The lowest BCUT2D eigenvalue weighted by Gasteiger charge is -2.17. The first-order valence-corrected chi connectivity index (χ1v) is 7.56. The zero-order valence-corrected chi connectivity index (χ0v) is 11.3. The molecule has 2 aliphatic rings. The van der Waals surface area contributed by atoms with E-state index in [9.17, 15) is 0 Å². The van der Waals surface area contributed by atoms with Gasteiger partial charge in [0.25, 0.3) is 0 Å². The smallest absolute Gasteiger partial charge is 0.0682 e. The molecule has 1 N–H and O–H groups in total. The average Bonchev–Trinajstić information content (AvgIpc) is 3.34. The van der Waals surface area contributed by atoms with Gasteiger partial charge in [0.2, 0.25) is 0 Å². The Labute approximate surface area is 114 Å². The first kappa shape index (κ1) is 11.5. The summed E-state index contributed by atoms with van der Waals surface area (Å²) < 4.78 is 2.12. The van der Waals surface area contributed by atoms with Gasteiger partial charge < -0.3 is 5.32 Å². The summed E-state index contributed by atoms with van der Waals surface area (Å²) in [6.07, 6.45) is 7.74. The van der Waals surface area contributed by atoms with Crippen molar-refractivity contribution >= 4 is 10.9 Å². The van der Waals surface area contributed by atoms with Crippen LogP contribution >= 0.6 is 0 Å². The Morgan fingerprint density at radius 2 is 1.89 bits per heavy atom. The van der Waals surface area contributed by atoms with E-state index in [1.165, 1.54) is 36.6 Å². The second-order valence-corrected chi connectivity index (χ2v) is 6.08. The summed E-state index contributed by atoms with van der Waals surface area (Å²) in [6, 6.07) is 9.24.